The van der Waals surface area contributed by atoms with Crippen LogP contribution in [0.25, 0.3) is 11.1 Å². The molecule has 0 bridgehead atoms. The highest BCUT2D eigenvalue weighted by molar-refractivity contribution is 9.10. The molecule has 3 aromatic rings. The Morgan fingerprint density at radius 1 is 1.09 bits per heavy atom. The van der Waals surface area contributed by atoms with Crippen molar-refractivity contribution in [1.29, 1.82) is 0 Å². The lowest BCUT2D eigenvalue weighted by molar-refractivity contribution is 0.128. The number of hydrogen-bond donors (Lipinski definition) is 1. The summed E-state index contributed by atoms with van der Waals surface area (Å²) in [6, 6.07) is 23.2. The lowest BCUT2D eigenvalue weighted by Gasteiger charge is -2.35. The van der Waals surface area contributed by atoms with Gasteiger partial charge >= 0.3 is 0 Å². The first kappa shape index (κ1) is 22.6. The third kappa shape index (κ3) is 5.25. The smallest absolute Gasteiger partial charge is 0.134 e. The number of piperidine rings is 1. The maximum Gasteiger partial charge on any atom is 0.134 e. The first-order chi connectivity index (χ1) is 15.5. The van der Waals surface area contributed by atoms with Gasteiger partial charge in [-0.2, -0.15) is 0 Å². The Kier molecular flexibility index (Phi) is 7.33. The number of rotatable bonds is 7. The summed E-state index contributed by atoms with van der Waals surface area (Å²) in [5.41, 5.74) is 6.08. The summed E-state index contributed by atoms with van der Waals surface area (Å²) < 4.78 is 7.13. The molecule has 3 aromatic carbocycles. The van der Waals surface area contributed by atoms with Gasteiger partial charge < -0.3 is 9.84 Å². The number of aliphatic hydroxyl groups is 1. The standard InChI is InChI=1S/C28H30BrNO2/c1-20-24(11-8-12-25(20)23-9-4-3-5-10-23)19-32-28-15-14-22(17-26(28)29)18-30-16-7-6-13-27(30)21(2)31/h3-5,8-12,14-15,17,27,31H,2,6-7,13,16,18-19H2,1H3. The predicted molar refractivity (Wildman–Crippen MR) is 135 cm³/mol. The molecule has 0 aromatic heterocycles. The van der Waals surface area contributed by atoms with Crippen molar-refractivity contribution in [1.82, 2.24) is 4.90 Å². The molecule has 1 saturated heterocycles. The minimum absolute atomic E-state index is 0.0540. The van der Waals surface area contributed by atoms with Crippen molar-refractivity contribution in [3.8, 4) is 16.9 Å². The van der Waals surface area contributed by atoms with E-state index in [9.17, 15) is 5.11 Å². The van der Waals surface area contributed by atoms with Crippen molar-refractivity contribution < 1.29 is 9.84 Å². The quantitative estimate of drug-likeness (QED) is 0.348. The molecule has 1 aliphatic rings. The Morgan fingerprint density at radius 3 is 2.66 bits per heavy atom. The summed E-state index contributed by atoms with van der Waals surface area (Å²) in [5, 5.41) is 9.95. The fourth-order valence-electron chi connectivity index (χ4n) is 4.48. The highest BCUT2D eigenvalue weighted by Crippen LogP contribution is 2.31. The van der Waals surface area contributed by atoms with E-state index < -0.39 is 0 Å². The Morgan fingerprint density at radius 2 is 1.91 bits per heavy atom. The molecule has 0 aliphatic carbocycles. The van der Waals surface area contributed by atoms with Gasteiger partial charge in [0.25, 0.3) is 0 Å². The average molecular weight is 492 g/mol. The molecule has 0 amide bonds. The molecular formula is C28H30BrNO2. The molecule has 1 heterocycles. The molecule has 0 saturated carbocycles. The third-order valence-corrected chi connectivity index (χ3v) is 6.91. The van der Waals surface area contributed by atoms with Crippen molar-refractivity contribution in [2.45, 2.75) is 45.4 Å². The Bertz CT molecular complexity index is 1080. The van der Waals surface area contributed by atoms with Gasteiger partial charge in [0.05, 0.1) is 10.5 Å². The van der Waals surface area contributed by atoms with E-state index in [4.69, 9.17) is 4.74 Å². The fourth-order valence-corrected chi connectivity index (χ4v) is 5.02. The molecule has 166 valence electrons. The molecule has 1 atom stereocenters. The van der Waals surface area contributed by atoms with Crippen molar-refractivity contribution in [2.75, 3.05) is 6.54 Å². The van der Waals surface area contributed by atoms with Crippen LogP contribution in [-0.4, -0.2) is 22.6 Å². The summed E-state index contributed by atoms with van der Waals surface area (Å²) in [5.74, 6) is 1.11. The van der Waals surface area contributed by atoms with Crippen LogP contribution in [-0.2, 0) is 13.2 Å². The zero-order valence-electron chi connectivity index (χ0n) is 18.6. The van der Waals surface area contributed by atoms with Gasteiger partial charge in [0.1, 0.15) is 18.1 Å². The molecule has 4 rings (SSSR count). The Labute approximate surface area is 199 Å². The van der Waals surface area contributed by atoms with E-state index in [1.165, 1.54) is 27.8 Å². The van der Waals surface area contributed by atoms with Crippen LogP contribution in [0.4, 0.5) is 0 Å². The molecule has 0 spiro atoms. The number of aliphatic hydroxyl groups excluding tert-OH is 1. The third-order valence-electron chi connectivity index (χ3n) is 6.29. The van der Waals surface area contributed by atoms with Gasteiger partial charge in [0.2, 0.25) is 0 Å². The van der Waals surface area contributed by atoms with Crippen LogP contribution in [0.15, 0.2) is 83.5 Å². The molecule has 4 heteroatoms. The average Bonchev–Trinajstić information content (AvgIpc) is 2.80. The number of halogens is 1. The second-order valence-corrected chi connectivity index (χ2v) is 9.34. The number of ether oxygens (including phenoxy) is 1. The number of benzene rings is 3. The molecule has 1 aliphatic heterocycles. The largest absolute Gasteiger partial charge is 0.511 e. The molecular weight excluding hydrogens is 462 g/mol. The Hall–Kier alpha value is -2.56. The molecule has 1 N–H and O–H groups in total. The molecule has 1 fully saturated rings. The number of likely N-dealkylation sites (tertiary alicyclic amines) is 1. The zero-order chi connectivity index (χ0) is 22.5. The van der Waals surface area contributed by atoms with Crippen LogP contribution in [0, 0.1) is 6.92 Å². The van der Waals surface area contributed by atoms with Gasteiger partial charge in [0.15, 0.2) is 0 Å². The van der Waals surface area contributed by atoms with E-state index >= 15 is 0 Å². The minimum atomic E-state index is 0.0540. The summed E-state index contributed by atoms with van der Waals surface area (Å²) in [6.07, 6.45) is 3.27. The summed E-state index contributed by atoms with van der Waals surface area (Å²) in [6.45, 7) is 8.22. The van der Waals surface area contributed by atoms with Crippen molar-refractivity contribution >= 4 is 15.9 Å². The first-order valence-corrected chi connectivity index (χ1v) is 12.0. The van der Waals surface area contributed by atoms with Crippen LogP contribution in [0.1, 0.15) is 36.0 Å². The van der Waals surface area contributed by atoms with E-state index in [0.717, 1.165) is 42.6 Å². The van der Waals surface area contributed by atoms with Gasteiger partial charge in [0, 0.05) is 6.54 Å². The van der Waals surface area contributed by atoms with Crippen LogP contribution < -0.4 is 4.74 Å². The van der Waals surface area contributed by atoms with E-state index in [1.807, 2.05) is 12.1 Å². The van der Waals surface area contributed by atoms with Crippen LogP contribution in [0.3, 0.4) is 0 Å². The van der Waals surface area contributed by atoms with Crippen molar-refractivity contribution in [3.63, 3.8) is 0 Å². The first-order valence-electron chi connectivity index (χ1n) is 11.2. The second kappa shape index (κ2) is 10.4. The zero-order valence-corrected chi connectivity index (χ0v) is 20.1. The summed E-state index contributed by atoms with van der Waals surface area (Å²) in [4.78, 5) is 2.31. The highest BCUT2D eigenvalue weighted by atomic mass is 79.9. The lowest BCUT2D eigenvalue weighted by Crippen LogP contribution is -2.39. The topological polar surface area (TPSA) is 32.7 Å². The summed E-state index contributed by atoms with van der Waals surface area (Å²) >= 11 is 3.69. The van der Waals surface area contributed by atoms with E-state index in [-0.39, 0.29) is 11.8 Å². The normalized spacial score (nSPS) is 16.6. The SMILES string of the molecule is C=C(O)C1CCCCN1Cc1ccc(OCc2cccc(-c3ccccc3)c2C)c(Br)c1. The van der Waals surface area contributed by atoms with Gasteiger partial charge in [-0.05, 0) is 82.2 Å². The molecule has 0 radical (unpaired) electrons. The van der Waals surface area contributed by atoms with Gasteiger partial charge in [-0.3, -0.25) is 4.90 Å². The number of hydrogen-bond acceptors (Lipinski definition) is 3. The van der Waals surface area contributed by atoms with Crippen molar-refractivity contribution in [3.05, 3.63) is 100 Å². The van der Waals surface area contributed by atoms with Crippen molar-refractivity contribution in [2.24, 2.45) is 0 Å². The van der Waals surface area contributed by atoms with Gasteiger partial charge in [-0.1, -0.05) is 67.6 Å². The van der Waals surface area contributed by atoms with E-state index in [0.29, 0.717) is 6.61 Å². The monoisotopic (exact) mass is 491 g/mol. The van der Waals surface area contributed by atoms with Crippen LogP contribution >= 0.6 is 15.9 Å². The minimum Gasteiger partial charge on any atom is -0.511 e. The Balaban J connectivity index is 1.44. The predicted octanol–water partition coefficient (Wildman–Crippen LogP) is 7.43. The fraction of sp³-hybridized carbons (Fsp3) is 0.286. The van der Waals surface area contributed by atoms with E-state index in [2.05, 4.69) is 88.9 Å². The molecule has 32 heavy (non-hydrogen) atoms. The molecule has 1 unspecified atom stereocenters. The van der Waals surface area contributed by atoms with Crippen LogP contribution in [0.5, 0.6) is 5.75 Å². The van der Waals surface area contributed by atoms with Gasteiger partial charge in [-0.25, -0.2) is 0 Å². The highest BCUT2D eigenvalue weighted by Gasteiger charge is 2.24. The maximum atomic E-state index is 9.95. The lowest BCUT2D eigenvalue weighted by atomic mass is 9.97. The molecule has 3 nitrogen and oxygen atoms in total. The summed E-state index contributed by atoms with van der Waals surface area (Å²) in [7, 11) is 0. The van der Waals surface area contributed by atoms with E-state index in [1.54, 1.807) is 0 Å². The second-order valence-electron chi connectivity index (χ2n) is 8.48. The van der Waals surface area contributed by atoms with Gasteiger partial charge in [-0.15, -0.1) is 0 Å². The maximum absolute atomic E-state index is 9.95. The van der Waals surface area contributed by atoms with Crippen LogP contribution in [0.2, 0.25) is 0 Å². The number of nitrogens with zero attached hydrogens (tertiary/aromatic N) is 1.